The molecule has 158 valence electrons. The van der Waals surface area contributed by atoms with Crippen LogP contribution in [-0.4, -0.2) is 14.3 Å². The van der Waals surface area contributed by atoms with Crippen LogP contribution in [0.3, 0.4) is 0 Å². The number of para-hydroxylation sites is 1. The van der Waals surface area contributed by atoms with Gasteiger partial charge in [-0.2, -0.15) is 15.0 Å². The Balaban J connectivity index is 1.84. The summed E-state index contributed by atoms with van der Waals surface area (Å²) in [6, 6.07) is 18.9. The molecule has 0 spiro atoms. The zero-order chi connectivity index (χ0) is 22.6. The van der Waals surface area contributed by atoms with Crippen LogP contribution in [0, 0.1) is 15.3 Å². The van der Waals surface area contributed by atoms with Crippen LogP contribution < -0.4 is 5.56 Å². The second-order valence-corrected chi connectivity index (χ2v) is 10.4. The second-order valence-electron chi connectivity index (χ2n) is 8.28. The third-order valence-corrected chi connectivity index (χ3v) is 7.36. The summed E-state index contributed by atoms with van der Waals surface area (Å²) in [6.45, 7) is 4.16. The molecule has 2 aromatic heterocycles. The summed E-state index contributed by atoms with van der Waals surface area (Å²) in [6.07, 6.45) is 0.675. The first-order valence-electron chi connectivity index (χ1n) is 9.96. The van der Waals surface area contributed by atoms with Crippen LogP contribution in [-0.2, 0) is 11.8 Å². The highest BCUT2D eigenvalue weighted by molar-refractivity contribution is 7.73. The van der Waals surface area contributed by atoms with E-state index in [1.165, 1.54) is 16.0 Å². The number of halogens is 1. The molecule has 0 N–H and O–H groups in total. The first-order chi connectivity index (χ1) is 15.3. The van der Waals surface area contributed by atoms with Crippen molar-refractivity contribution in [1.29, 1.82) is 5.26 Å². The van der Waals surface area contributed by atoms with E-state index in [2.05, 4.69) is 19.9 Å². The summed E-state index contributed by atoms with van der Waals surface area (Å²) >= 11 is 13.1. The third kappa shape index (κ3) is 3.15. The highest BCUT2D eigenvalue weighted by Crippen LogP contribution is 2.46. The van der Waals surface area contributed by atoms with Crippen molar-refractivity contribution >= 4 is 35.2 Å². The van der Waals surface area contributed by atoms with Gasteiger partial charge in [-0.15, -0.1) is 11.3 Å². The molecule has 0 saturated carbocycles. The van der Waals surface area contributed by atoms with Gasteiger partial charge in [0.2, 0.25) is 0 Å². The maximum atomic E-state index is 13.4. The molecular formula is C24H17ClN4OS2. The fourth-order valence-corrected chi connectivity index (χ4v) is 5.84. The van der Waals surface area contributed by atoms with Gasteiger partial charge >= 0.3 is 0 Å². The van der Waals surface area contributed by atoms with Gasteiger partial charge in [0.05, 0.1) is 16.3 Å². The van der Waals surface area contributed by atoms with Crippen LogP contribution in [0.25, 0.3) is 21.8 Å². The summed E-state index contributed by atoms with van der Waals surface area (Å²) in [5.74, 6) is 0. The smallest absolute Gasteiger partial charge is 0.290 e. The normalized spacial score (nSPS) is 13.8. The standard InChI is InChI=1S/C24H17ClN4OS2/c1-24(2)12-18-20(32-23(31)28(18)15-6-4-3-5-7-15)19-17(13-26)22(30)29(27-21(19)24)16-10-8-14(25)9-11-16/h3-11H,12H2,1-2H3. The van der Waals surface area contributed by atoms with Gasteiger partial charge in [0.25, 0.3) is 5.56 Å². The minimum atomic E-state index is -0.456. The van der Waals surface area contributed by atoms with Gasteiger partial charge in [-0.25, -0.2) is 0 Å². The molecule has 0 unspecified atom stereocenters. The van der Waals surface area contributed by atoms with Gasteiger partial charge in [-0.3, -0.25) is 9.36 Å². The van der Waals surface area contributed by atoms with Crippen molar-refractivity contribution in [3.8, 4) is 27.9 Å². The Morgan fingerprint density at radius 2 is 1.81 bits per heavy atom. The molecule has 0 bridgehead atoms. The Morgan fingerprint density at radius 3 is 2.47 bits per heavy atom. The summed E-state index contributed by atoms with van der Waals surface area (Å²) < 4.78 is 4.02. The van der Waals surface area contributed by atoms with Crippen LogP contribution in [0.5, 0.6) is 0 Å². The topological polar surface area (TPSA) is 63.6 Å². The predicted molar refractivity (Wildman–Crippen MR) is 130 cm³/mol. The lowest BCUT2D eigenvalue weighted by Gasteiger charge is -2.32. The molecule has 4 aromatic rings. The molecule has 8 heteroatoms. The van der Waals surface area contributed by atoms with E-state index in [-0.39, 0.29) is 5.56 Å². The van der Waals surface area contributed by atoms with Gasteiger partial charge in [0, 0.05) is 33.8 Å². The van der Waals surface area contributed by atoms with E-state index in [1.807, 2.05) is 34.9 Å². The molecule has 0 radical (unpaired) electrons. The molecule has 1 aliphatic rings. The van der Waals surface area contributed by atoms with Crippen LogP contribution in [0.2, 0.25) is 5.02 Å². The number of fused-ring (bicyclic) bond motifs is 3. The van der Waals surface area contributed by atoms with Gasteiger partial charge in [-0.1, -0.05) is 43.6 Å². The number of rotatable bonds is 2. The Bertz CT molecular complexity index is 1520. The van der Waals surface area contributed by atoms with Crippen LogP contribution in [0.15, 0.2) is 59.4 Å². The monoisotopic (exact) mass is 476 g/mol. The van der Waals surface area contributed by atoms with E-state index in [4.69, 9.17) is 28.9 Å². The van der Waals surface area contributed by atoms with E-state index < -0.39 is 11.0 Å². The Kier molecular flexibility index (Phi) is 4.90. The van der Waals surface area contributed by atoms with E-state index in [0.29, 0.717) is 32.3 Å². The van der Waals surface area contributed by atoms with E-state index in [9.17, 15) is 10.1 Å². The van der Waals surface area contributed by atoms with Crippen molar-refractivity contribution in [1.82, 2.24) is 14.3 Å². The predicted octanol–water partition coefficient (Wildman–Crippen LogP) is 5.84. The SMILES string of the molecule is CC1(C)Cc2c(sc(=S)n2-c2ccccc2)-c2c1nn(-c1ccc(Cl)cc1)c(=O)c2C#N. The van der Waals surface area contributed by atoms with Gasteiger partial charge in [-0.05, 0) is 48.6 Å². The number of aromatic nitrogens is 3. The lowest BCUT2D eigenvalue weighted by molar-refractivity contribution is 0.475. The van der Waals surface area contributed by atoms with Crippen molar-refractivity contribution in [2.75, 3.05) is 0 Å². The van der Waals surface area contributed by atoms with Gasteiger partial charge < -0.3 is 0 Å². The number of nitriles is 1. The molecule has 0 fully saturated rings. The lowest BCUT2D eigenvalue weighted by Crippen LogP contribution is -2.35. The fraction of sp³-hybridized carbons (Fsp3) is 0.167. The second kappa shape index (κ2) is 7.52. The van der Waals surface area contributed by atoms with Crippen molar-refractivity contribution in [3.63, 3.8) is 0 Å². The fourth-order valence-electron chi connectivity index (χ4n) is 4.18. The molecule has 2 heterocycles. The van der Waals surface area contributed by atoms with Crippen LogP contribution in [0.4, 0.5) is 0 Å². The Hall–Kier alpha value is -3.05. The number of hydrogen-bond acceptors (Lipinski definition) is 5. The molecule has 5 nitrogen and oxygen atoms in total. The Labute approximate surface area is 198 Å². The van der Waals surface area contributed by atoms with Crippen LogP contribution >= 0.6 is 35.2 Å². The third-order valence-electron chi connectivity index (χ3n) is 5.67. The van der Waals surface area contributed by atoms with Crippen molar-refractivity contribution in [2.24, 2.45) is 0 Å². The number of benzene rings is 2. The highest BCUT2D eigenvalue weighted by atomic mass is 35.5. The summed E-state index contributed by atoms with van der Waals surface area (Å²) in [4.78, 5) is 14.2. The molecule has 1 aliphatic carbocycles. The largest absolute Gasteiger partial charge is 0.295 e. The van der Waals surface area contributed by atoms with Crippen molar-refractivity contribution in [2.45, 2.75) is 25.7 Å². The van der Waals surface area contributed by atoms with Gasteiger partial charge in [0.1, 0.15) is 11.6 Å². The maximum absolute atomic E-state index is 13.4. The number of thiazole rings is 1. The van der Waals surface area contributed by atoms with Crippen LogP contribution in [0.1, 0.15) is 30.8 Å². The van der Waals surface area contributed by atoms with E-state index >= 15 is 0 Å². The molecule has 0 saturated heterocycles. The molecule has 0 aliphatic heterocycles. The maximum Gasteiger partial charge on any atom is 0.290 e. The minimum Gasteiger partial charge on any atom is -0.295 e. The first kappa shape index (κ1) is 20.8. The van der Waals surface area contributed by atoms with E-state index in [1.54, 1.807) is 24.3 Å². The summed E-state index contributed by atoms with van der Waals surface area (Å²) in [5.41, 5.74) is 3.05. The molecule has 2 aromatic carbocycles. The van der Waals surface area contributed by atoms with Crippen molar-refractivity contribution in [3.05, 3.63) is 90.9 Å². The molecule has 0 atom stereocenters. The van der Waals surface area contributed by atoms with Crippen molar-refractivity contribution < 1.29 is 0 Å². The molecule has 0 amide bonds. The average Bonchev–Trinajstić information content (AvgIpc) is 3.09. The minimum absolute atomic E-state index is 0.0791. The zero-order valence-corrected chi connectivity index (χ0v) is 19.7. The lowest BCUT2D eigenvalue weighted by atomic mass is 9.76. The number of nitrogens with zero attached hydrogens (tertiary/aromatic N) is 4. The van der Waals surface area contributed by atoms with Gasteiger partial charge in [0.15, 0.2) is 3.95 Å². The van der Waals surface area contributed by atoms with E-state index in [0.717, 1.165) is 16.3 Å². The number of hydrogen-bond donors (Lipinski definition) is 0. The highest BCUT2D eigenvalue weighted by Gasteiger charge is 2.39. The first-order valence-corrected chi connectivity index (χ1v) is 11.6. The quantitative estimate of drug-likeness (QED) is 0.341. The zero-order valence-electron chi connectivity index (χ0n) is 17.3. The summed E-state index contributed by atoms with van der Waals surface area (Å²) in [7, 11) is 0. The Morgan fingerprint density at radius 1 is 1.12 bits per heavy atom. The molecule has 5 rings (SSSR count). The molecular weight excluding hydrogens is 460 g/mol. The summed E-state index contributed by atoms with van der Waals surface area (Å²) in [5, 5.41) is 15.4. The molecule has 32 heavy (non-hydrogen) atoms. The average molecular weight is 477 g/mol.